The predicted molar refractivity (Wildman–Crippen MR) is 142 cm³/mol. The van der Waals surface area contributed by atoms with E-state index in [0.717, 1.165) is 38.3 Å². The molecule has 0 bridgehead atoms. The molecule has 8 heteroatoms. The largest absolute Gasteiger partial charge is 0.368 e. The predicted octanol–water partition coefficient (Wildman–Crippen LogP) is 6.75. The maximum atomic E-state index is 12.7. The van der Waals surface area contributed by atoms with Gasteiger partial charge in [0, 0.05) is 49.7 Å². The van der Waals surface area contributed by atoms with Crippen molar-refractivity contribution >= 4 is 52.2 Å². The maximum absolute atomic E-state index is 12.7. The van der Waals surface area contributed by atoms with Crippen LogP contribution >= 0.6 is 23.2 Å². The molecule has 1 aliphatic heterocycles. The number of amides is 3. The number of nitrogens with zero attached hydrogens (tertiary/aromatic N) is 2. The zero-order valence-electron chi connectivity index (χ0n) is 20.3. The second-order valence-electron chi connectivity index (χ2n) is 10.2. The topological polar surface area (TPSA) is 64.7 Å². The molecule has 0 spiro atoms. The highest BCUT2D eigenvalue weighted by atomic mass is 35.5. The molecule has 0 saturated carbocycles. The Hall–Kier alpha value is -2.44. The molecule has 0 aliphatic carbocycles. The molecule has 184 valence electrons. The van der Waals surface area contributed by atoms with Gasteiger partial charge in [-0.3, -0.25) is 4.79 Å². The first-order valence-electron chi connectivity index (χ1n) is 11.7. The molecule has 1 fully saturated rings. The van der Waals surface area contributed by atoms with Gasteiger partial charge < -0.3 is 20.4 Å². The molecule has 2 aromatic rings. The van der Waals surface area contributed by atoms with Crippen LogP contribution in [0.2, 0.25) is 10.0 Å². The summed E-state index contributed by atoms with van der Waals surface area (Å²) in [7, 11) is 0. The molecule has 3 rings (SSSR count). The lowest BCUT2D eigenvalue weighted by Gasteiger charge is -2.37. The van der Waals surface area contributed by atoms with E-state index in [0.29, 0.717) is 33.8 Å². The third-order valence-corrected chi connectivity index (χ3v) is 6.52. The highest BCUT2D eigenvalue weighted by Crippen LogP contribution is 2.27. The van der Waals surface area contributed by atoms with Crippen molar-refractivity contribution in [2.75, 3.05) is 41.7 Å². The van der Waals surface area contributed by atoms with Crippen LogP contribution in [0.15, 0.2) is 42.5 Å². The fourth-order valence-corrected chi connectivity index (χ4v) is 4.68. The highest BCUT2D eigenvalue weighted by Gasteiger charge is 2.24. The first-order valence-corrected chi connectivity index (χ1v) is 12.4. The van der Waals surface area contributed by atoms with E-state index in [1.165, 1.54) is 0 Å². The molecule has 1 aliphatic rings. The molecule has 1 unspecified atom stereocenters. The first-order chi connectivity index (χ1) is 16.0. The Morgan fingerprint density at radius 3 is 2.09 bits per heavy atom. The van der Waals surface area contributed by atoms with E-state index in [1.54, 1.807) is 18.2 Å². The van der Waals surface area contributed by atoms with Crippen LogP contribution in [0, 0.1) is 11.3 Å². The average molecular weight is 505 g/mol. The molecular formula is C26H34Cl2N4O2. The standard InChI is InChI=1S/C26H34Cl2N4O2/c1-18(17-26(2,3)4)15-24(33)32-13-11-31(12-14-32)21-8-5-19(6-9-21)29-25(34)30-20-7-10-22(27)23(28)16-20/h5-10,16,18H,11-15,17H2,1-4H3,(H2,29,30,34). The third kappa shape index (κ3) is 7.81. The minimum absolute atomic E-state index is 0.240. The number of urea groups is 1. The van der Waals surface area contributed by atoms with E-state index in [9.17, 15) is 9.59 Å². The van der Waals surface area contributed by atoms with E-state index in [4.69, 9.17) is 23.2 Å². The maximum Gasteiger partial charge on any atom is 0.323 e. The van der Waals surface area contributed by atoms with Gasteiger partial charge in [0.15, 0.2) is 0 Å². The van der Waals surface area contributed by atoms with Crippen molar-refractivity contribution in [2.45, 2.75) is 40.5 Å². The van der Waals surface area contributed by atoms with E-state index in [1.807, 2.05) is 29.2 Å². The number of anilines is 3. The van der Waals surface area contributed by atoms with E-state index in [-0.39, 0.29) is 17.4 Å². The lowest BCUT2D eigenvalue weighted by molar-refractivity contribution is -0.132. The summed E-state index contributed by atoms with van der Waals surface area (Å²) < 4.78 is 0. The lowest BCUT2D eigenvalue weighted by Crippen LogP contribution is -2.49. The third-order valence-electron chi connectivity index (χ3n) is 5.78. The fraction of sp³-hybridized carbons (Fsp3) is 0.462. The lowest BCUT2D eigenvalue weighted by atomic mass is 9.84. The Morgan fingerprint density at radius 2 is 1.50 bits per heavy atom. The fourth-order valence-electron chi connectivity index (χ4n) is 4.38. The number of piperazine rings is 1. The Labute approximate surface area is 212 Å². The van der Waals surface area contributed by atoms with Gasteiger partial charge in [0.05, 0.1) is 10.0 Å². The Kier molecular flexibility index (Phi) is 8.72. The van der Waals surface area contributed by atoms with Crippen molar-refractivity contribution in [3.63, 3.8) is 0 Å². The minimum atomic E-state index is -0.362. The highest BCUT2D eigenvalue weighted by molar-refractivity contribution is 6.42. The zero-order chi connectivity index (χ0) is 24.9. The first kappa shape index (κ1) is 26.2. The summed E-state index contributed by atoms with van der Waals surface area (Å²) in [4.78, 5) is 29.2. The number of hydrogen-bond donors (Lipinski definition) is 2. The van der Waals surface area contributed by atoms with Crippen LogP contribution in [0.4, 0.5) is 21.9 Å². The zero-order valence-corrected chi connectivity index (χ0v) is 21.8. The van der Waals surface area contributed by atoms with Gasteiger partial charge in [-0.2, -0.15) is 0 Å². The normalized spacial score (nSPS) is 15.1. The monoisotopic (exact) mass is 504 g/mol. The van der Waals surface area contributed by atoms with Crippen LogP contribution in [0.3, 0.4) is 0 Å². The molecule has 0 radical (unpaired) electrons. The van der Waals surface area contributed by atoms with Crippen molar-refractivity contribution in [2.24, 2.45) is 11.3 Å². The molecule has 2 N–H and O–H groups in total. The number of carbonyl (C=O) groups is 2. The van der Waals surface area contributed by atoms with Crippen LogP contribution in [-0.4, -0.2) is 43.0 Å². The number of nitrogens with one attached hydrogen (secondary N) is 2. The van der Waals surface area contributed by atoms with E-state index >= 15 is 0 Å². The number of rotatable bonds is 6. The van der Waals surface area contributed by atoms with Gasteiger partial charge in [-0.05, 0) is 60.2 Å². The second kappa shape index (κ2) is 11.3. The number of carbonyl (C=O) groups excluding carboxylic acids is 2. The molecule has 2 aromatic carbocycles. The number of hydrogen-bond acceptors (Lipinski definition) is 3. The minimum Gasteiger partial charge on any atom is -0.368 e. The van der Waals surface area contributed by atoms with Crippen LogP contribution < -0.4 is 15.5 Å². The van der Waals surface area contributed by atoms with Gasteiger partial charge in [0.2, 0.25) is 5.91 Å². The Balaban J connectivity index is 1.46. The second-order valence-corrected chi connectivity index (χ2v) is 11.0. The summed E-state index contributed by atoms with van der Waals surface area (Å²) in [6, 6.07) is 12.3. The van der Waals surface area contributed by atoms with Crippen molar-refractivity contribution < 1.29 is 9.59 Å². The molecule has 3 amide bonds. The summed E-state index contributed by atoms with van der Waals surface area (Å²) in [5.41, 5.74) is 2.55. The summed E-state index contributed by atoms with van der Waals surface area (Å²) in [5, 5.41) is 6.36. The van der Waals surface area contributed by atoms with Gasteiger partial charge >= 0.3 is 6.03 Å². The number of halogens is 2. The van der Waals surface area contributed by atoms with E-state index < -0.39 is 0 Å². The van der Waals surface area contributed by atoms with Crippen LogP contribution in [0.25, 0.3) is 0 Å². The van der Waals surface area contributed by atoms with Crippen LogP contribution in [0.5, 0.6) is 0 Å². The van der Waals surface area contributed by atoms with Gasteiger partial charge in [0.1, 0.15) is 0 Å². The Morgan fingerprint density at radius 1 is 0.912 bits per heavy atom. The van der Waals surface area contributed by atoms with Gasteiger partial charge in [-0.15, -0.1) is 0 Å². The summed E-state index contributed by atoms with van der Waals surface area (Å²) >= 11 is 11.9. The summed E-state index contributed by atoms with van der Waals surface area (Å²) in [6.45, 7) is 11.9. The summed E-state index contributed by atoms with van der Waals surface area (Å²) in [5.74, 6) is 0.642. The SMILES string of the molecule is CC(CC(=O)N1CCN(c2ccc(NC(=O)Nc3ccc(Cl)c(Cl)c3)cc2)CC1)CC(C)(C)C. The van der Waals surface area contributed by atoms with Crippen molar-refractivity contribution in [1.82, 2.24) is 4.90 Å². The van der Waals surface area contributed by atoms with Crippen LogP contribution in [-0.2, 0) is 4.79 Å². The van der Waals surface area contributed by atoms with Crippen molar-refractivity contribution in [3.8, 4) is 0 Å². The molecule has 6 nitrogen and oxygen atoms in total. The quantitative estimate of drug-likeness (QED) is 0.457. The Bertz CT molecular complexity index is 997. The van der Waals surface area contributed by atoms with Gasteiger partial charge in [0.25, 0.3) is 0 Å². The smallest absolute Gasteiger partial charge is 0.323 e. The summed E-state index contributed by atoms with van der Waals surface area (Å²) in [6.07, 6.45) is 1.66. The molecule has 34 heavy (non-hydrogen) atoms. The molecule has 1 atom stereocenters. The van der Waals surface area contributed by atoms with Crippen LogP contribution in [0.1, 0.15) is 40.5 Å². The average Bonchev–Trinajstić information content (AvgIpc) is 2.75. The van der Waals surface area contributed by atoms with Gasteiger partial charge in [-0.1, -0.05) is 50.9 Å². The molecule has 1 heterocycles. The molecular weight excluding hydrogens is 471 g/mol. The molecule has 1 saturated heterocycles. The van der Waals surface area contributed by atoms with E-state index in [2.05, 4.69) is 43.2 Å². The number of benzene rings is 2. The van der Waals surface area contributed by atoms with Crippen molar-refractivity contribution in [1.29, 1.82) is 0 Å². The molecule has 0 aromatic heterocycles. The van der Waals surface area contributed by atoms with Crippen molar-refractivity contribution in [3.05, 3.63) is 52.5 Å². The van der Waals surface area contributed by atoms with Gasteiger partial charge in [-0.25, -0.2) is 4.79 Å².